The van der Waals surface area contributed by atoms with Gasteiger partial charge in [0.1, 0.15) is 0 Å². The molecule has 4 nitrogen and oxygen atoms in total. The van der Waals surface area contributed by atoms with Crippen molar-refractivity contribution in [2.75, 3.05) is 38.0 Å². The van der Waals surface area contributed by atoms with Crippen molar-refractivity contribution in [1.82, 2.24) is 9.80 Å². The number of benzene rings is 2. The maximum absolute atomic E-state index is 12.6. The van der Waals surface area contributed by atoms with Crippen molar-refractivity contribution in [1.29, 1.82) is 0 Å². The molecule has 0 spiro atoms. The lowest BCUT2D eigenvalue weighted by Gasteiger charge is -2.37. The van der Waals surface area contributed by atoms with Gasteiger partial charge in [-0.15, -0.1) is 0 Å². The van der Waals surface area contributed by atoms with Gasteiger partial charge in [-0.2, -0.15) is 0 Å². The first-order valence-corrected chi connectivity index (χ1v) is 10.2. The predicted molar refractivity (Wildman–Crippen MR) is 118 cm³/mol. The van der Waals surface area contributed by atoms with E-state index in [9.17, 15) is 4.79 Å². The first-order chi connectivity index (χ1) is 13.5. The van der Waals surface area contributed by atoms with E-state index in [4.69, 9.17) is 23.2 Å². The Morgan fingerprint density at radius 3 is 2.54 bits per heavy atom. The minimum Gasteiger partial charge on any atom is -0.323 e. The molecule has 2 aromatic carbocycles. The fourth-order valence-electron chi connectivity index (χ4n) is 3.23. The van der Waals surface area contributed by atoms with E-state index in [0.717, 1.165) is 32.7 Å². The van der Waals surface area contributed by atoms with Gasteiger partial charge in [0, 0.05) is 37.7 Å². The molecule has 1 N–H and O–H groups in total. The van der Waals surface area contributed by atoms with Crippen LogP contribution in [0.2, 0.25) is 10.0 Å². The highest BCUT2D eigenvalue weighted by molar-refractivity contribution is 6.35. The Morgan fingerprint density at radius 1 is 1.11 bits per heavy atom. The third kappa shape index (κ3) is 5.82. The van der Waals surface area contributed by atoms with E-state index in [1.807, 2.05) is 25.1 Å². The number of piperazine rings is 1. The molecule has 0 saturated carbocycles. The lowest BCUT2D eigenvalue weighted by Crippen LogP contribution is -2.52. The summed E-state index contributed by atoms with van der Waals surface area (Å²) in [6.07, 6.45) is 4.35. The van der Waals surface area contributed by atoms with E-state index in [2.05, 4.69) is 39.4 Å². The number of nitrogens with zero attached hydrogens (tertiary/aromatic N) is 2. The average molecular weight is 418 g/mol. The van der Waals surface area contributed by atoms with E-state index >= 15 is 0 Å². The van der Waals surface area contributed by atoms with E-state index in [0.29, 0.717) is 15.7 Å². The summed E-state index contributed by atoms with van der Waals surface area (Å²) in [5.74, 6) is -0.0680. The predicted octanol–water partition coefficient (Wildman–Crippen LogP) is 4.65. The van der Waals surface area contributed by atoms with E-state index in [1.165, 1.54) is 5.56 Å². The minimum absolute atomic E-state index is 0.0680. The fourth-order valence-corrected chi connectivity index (χ4v) is 3.57. The lowest BCUT2D eigenvalue weighted by molar-refractivity contribution is -0.121. The van der Waals surface area contributed by atoms with Gasteiger partial charge >= 0.3 is 0 Å². The van der Waals surface area contributed by atoms with Crippen LogP contribution in [0.5, 0.6) is 0 Å². The van der Waals surface area contributed by atoms with Gasteiger partial charge in [0.2, 0.25) is 5.91 Å². The standard InChI is InChI=1S/C22H25Cl2N3O/c1-17(22(28)25-21-16-19(23)9-10-20(21)24)27-14-12-26(13-15-27)11-5-8-18-6-3-2-4-7-18/h2-10,16-17H,11-15H2,1H3,(H,25,28)/b8-5+/t17-/m0/s1. The highest BCUT2D eigenvalue weighted by atomic mass is 35.5. The van der Waals surface area contributed by atoms with Crippen LogP contribution >= 0.6 is 23.2 Å². The first-order valence-electron chi connectivity index (χ1n) is 9.47. The van der Waals surface area contributed by atoms with E-state index in [1.54, 1.807) is 18.2 Å². The normalized spacial score (nSPS) is 17.0. The molecular formula is C22H25Cl2N3O. The number of anilines is 1. The molecule has 1 fully saturated rings. The number of carbonyl (C=O) groups excluding carboxylic acids is 1. The summed E-state index contributed by atoms with van der Waals surface area (Å²) in [5, 5.41) is 3.92. The Labute approximate surface area is 176 Å². The zero-order valence-electron chi connectivity index (χ0n) is 15.9. The van der Waals surface area contributed by atoms with Gasteiger partial charge in [0.15, 0.2) is 0 Å². The molecule has 0 bridgehead atoms. The molecule has 28 heavy (non-hydrogen) atoms. The minimum atomic E-state index is -0.225. The molecule has 1 amide bonds. The summed E-state index contributed by atoms with van der Waals surface area (Å²) >= 11 is 12.1. The molecule has 1 aliphatic rings. The van der Waals surface area contributed by atoms with Gasteiger partial charge in [0.25, 0.3) is 0 Å². The quantitative estimate of drug-likeness (QED) is 0.742. The maximum Gasteiger partial charge on any atom is 0.241 e. The molecule has 0 aliphatic carbocycles. The highest BCUT2D eigenvalue weighted by Crippen LogP contribution is 2.25. The van der Waals surface area contributed by atoms with Crippen LogP contribution in [0.4, 0.5) is 5.69 Å². The average Bonchev–Trinajstić information content (AvgIpc) is 2.71. The Morgan fingerprint density at radius 2 is 1.82 bits per heavy atom. The van der Waals surface area contributed by atoms with Crippen molar-refractivity contribution in [3.05, 3.63) is 70.2 Å². The number of nitrogens with one attached hydrogen (secondary N) is 1. The summed E-state index contributed by atoms with van der Waals surface area (Å²) in [5.41, 5.74) is 1.77. The van der Waals surface area contributed by atoms with Gasteiger partial charge in [-0.05, 0) is 30.7 Å². The Hall–Kier alpha value is -1.85. The van der Waals surface area contributed by atoms with E-state index in [-0.39, 0.29) is 11.9 Å². The summed E-state index contributed by atoms with van der Waals surface area (Å²) in [4.78, 5) is 17.2. The summed E-state index contributed by atoms with van der Waals surface area (Å²) in [7, 11) is 0. The van der Waals surface area contributed by atoms with Crippen LogP contribution in [-0.2, 0) is 4.79 Å². The number of halogens is 2. The van der Waals surface area contributed by atoms with Gasteiger partial charge in [0.05, 0.1) is 16.8 Å². The maximum atomic E-state index is 12.6. The van der Waals surface area contributed by atoms with Crippen LogP contribution in [0.25, 0.3) is 6.08 Å². The summed E-state index contributed by atoms with van der Waals surface area (Å²) < 4.78 is 0. The van der Waals surface area contributed by atoms with Crippen LogP contribution in [0.1, 0.15) is 12.5 Å². The van der Waals surface area contributed by atoms with Gasteiger partial charge in [-0.1, -0.05) is 65.7 Å². The van der Waals surface area contributed by atoms with Crippen molar-refractivity contribution in [3.8, 4) is 0 Å². The third-order valence-electron chi connectivity index (χ3n) is 4.99. The molecule has 1 saturated heterocycles. The van der Waals surface area contributed by atoms with Crippen LogP contribution < -0.4 is 5.32 Å². The molecule has 148 valence electrons. The molecule has 1 heterocycles. The largest absolute Gasteiger partial charge is 0.323 e. The summed E-state index contributed by atoms with van der Waals surface area (Å²) in [6.45, 7) is 6.44. The fraction of sp³-hybridized carbons (Fsp3) is 0.318. The first kappa shape index (κ1) is 20.9. The van der Waals surface area contributed by atoms with Crippen molar-refractivity contribution >= 4 is 40.9 Å². The Kier molecular flexibility index (Phi) is 7.51. The van der Waals surface area contributed by atoms with E-state index < -0.39 is 0 Å². The molecular weight excluding hydrogens is 393 g/mol. The molecule has 0 aromatic heterocycles. The van der Waals surface area contributed by atoms with Gasteiger partial charge in [-0.3, -0.25) is 14.6 Å². The second-order valence-electron chi connectivity index (χ2n) is 6.94. The van der Waals surface area contributed by atoms with Crippen molar-refractivity contribution < 1.29 is 4.79 Å². The zero-order chi connectivity index (χ0) is 19.9. The Balaban J connectivity index is 1.46. The van der Waals surface area contributed by atoms with Gasteiger partial charge < -0.3 is 5.32 Å². The van der Waals surface area contributed by atoms with Crippen molar-refractivity contribution in [2.24, 2.45) is 0 Å². The third-order valence-corrected chi connectivity index (χ3v) is 5.56. The topological polar surface area (TPSA) is 35.6 Å². The monoisotopic (exact) mass is 417 g/mol. The second-order valence-corrected chi connectivity index (χ2v) is 7.78. The van der Waals surface area contributed by atoms with Crippen LogP contribution in [0, 0.1) is 0 Å². The highest BCUT2D eigenvalue weighted by Gasteiger charge is 2.25. The number of rotatable bonds is 6. The number of carbonyl (C=O) groups is 1. The molecule has 1 atom stereocenters. The Bertz CT molecular complexity index is 818. The number of hydrogen-bond donors (Lipinski definition) is 1. The molecule has 0 unspecified atom stereocenters. The van der Waals surface area contributed by atoms with Crippen molar-refractivity contribution in [2.45, 2.75) is 13.0 Å². The number of amides is 1. The van der Waals surface area contributed by atoms with Crippen LogP contribution in [-0.4, -0.2) is 54.5 Å². The SMILES string of the molecule is C[C@@H](C(=O)Nc1cc(Cl)ccc1Cl)N1CCN(C/C=C/c2ccccc2)CC1. The molecule has 0 radical (unpaired) electrons. The molecule has 2 aromatic rings. The lowest BCUT2D eigenvalue weighted by atomic mass is 10.2. The molecule has 3 rings (SSSR count). The van der Waals surface area contributed by atoms with Crippen LogP contribution in [0.15, 0.2) is 54.6 Å². The summed E-state index contributed by atoms with van der Waals surface area (Å²) in [6, 6.07) is 15.1. The number of hydrogen-bond acceptors (Lipinski definition) is 3. The zero-order valence-corrected chi connectivity index (χ0v) is 17.5. The van der Waals surface area contributed by atoms with Crippen molar-refractivity contribution in [3.63, 3.8) is 0 Å². The second kappa shape index (κ2) is 10.1. The van der Waals surface area contributed by atoms with Gasteiger partial charge in [-0.25, -0.2) is 0 Å². The smallest absolute Gasteiger partial charge is 0.241 e. The molecule has 6 heteroatoms. The van der Waals surface area contributed by atoms with Crippen LogP contribution in [0.3, 0.4) is 0 Å². The molecule has 1 aliphatic heterocycles.